The van der Waals surface area contributed by atoms with Gasteiger partial charge in [-0.3, -0.25) is 19.2 Å². The van der Waals surface area contributed by atoms with E-state index in [9.17, 15) is 19.2 Å². The Hall–Kier alpha value is -2.16. The summed E-state index contributed by atoms with van der Waals surface area (Å²) in [6.07, 6.45) is 0. The second kappa shape index (κ2) is 7.43. The quantitative estimate of drug-likeness (QED) is 0.351. The Bertz CT molecular complexity index is 408. The summed E-state index contributed by atoms with van der Waals surface area (Å²) in [5.74, 6) is -2.92. The van der Waals surface area contributed by atoms with Gasteiger partial charge in [0.1, 0.15) is 11.6 Å². The van der Waals surface area contributed by atoms with Gasteiger partial charge in [-0.15, -0.1) is 0 Å². The summed E-state index contributed by atoms with van der Waals surface area (Å²) in [4.78, 5) is 44.9. The molecule has 0 saturated heterocycles. The summed E-state index contributed by atoms with van der Waals surface area (Å²) >= 11 is 0. The minimum absolute atomic E-state index is 0.243. The van der Waals surface area contributed by atoms with Crippen molar-refractivity contribution in [2.24, 2.45) is 5.73 Å². The maximum Gasteiger partial charge on any atom is 0.325 e. The van der Waals surface area contributed by atoms with Crippen molar-refractivity contribution in [3.8, 4) is 0 Å². The molecule has 0 unspecified atom stereocenters. The Morgan fingerprint density at radius 2 is 1.75 bits per heavy atom. The van der Waals surface area contributed by atoms with Crippen LogP contribution in [0.4, 0.5) is 0 Å². The fourth-order valence-electron chi connectivity index (χ4n) is 1.14. The number of nitrogens with two attached hydrogens (primary N) is 1. The normalized spacial score (nSPS) is 12.2. The molecule has 9 heteroatoms. The highest BCUT2D eigenvalue weighted by atomic mass is 16.4. The van der Waals surface area contributed by atoms with Gasteiger partial charge in [-0.2, -0.15) is 0 Å². The first-order valence-corrected chi connectivity index (χ1v) is 5.91. The standard InChI is InChI=1S/C11H20N4O5/c1-6(9(18)19)14-10(20)11(2,3)15-8(17)5-13-7(16)4-12/h6H,4-5,12H2,1-3H3,(H,13,16)(H,14,20)(H,15,17)(H,18,19)/t6-/m0/s1. The van der Waals surface area contributed by atoms with Crippen molar-refractivity contribution in [2.45, 2.75) is 32.4 Å². The topological polar surface area (TPSA) is 151 Å². The smallest absolute Gasteiger partial charge is 0.325 e. The van der Waals surface area contributed by atoms with Crippen LogP contribution in [0.25, 0.3) is 0 Å². The van der Waals surface area contributed by atoms with Crippen molar-refractivity contribution in [2.75, 3.05) is 13.1 Å². The Labute approximate surface area is 116 Å². The third-order valence-electron chi connectivity index (χ3n) is 2.37. The maximum atomic E-state index is 11.8. The van der Waals surface area contributed by atoms with E-state index in [1.165, 1.54) is 20.8 Å². The van der Waals surface area contributed by atoms with Gasteiger partial charge >= 0.3 is 5.97 Å². The van der Waals surface area contributed by atoms with Gasteiger partial charge in [-0.05, 0) is 20.8 Å². The predicted octanol–water partition coefficient (Wildman–Crippen LogP) is -2.45. The van der Waals surface area contributed by atoms with Crippen LogP contribution in [0.15, 0.2) is 0 Å². The molecule has 114 valence electrons. The number of carboxylic acids is 1. The van der Waals surface area contributed by atoms with Crippen molar-refractivity contribution >= 4 is 23.7 Å². The molecule has 0 aromatic heterocycles. The van der Waals surface area contributed by atoms with Crippen LogP contribution in [-0.2, 0) is 19.2 Å². The van der Waals surface area contributed by atoms with Crippen LogP contribution in [0.2, 0.25) is 0 Å². The fourth-order valence-corrected chi connectivity index (χ4v) is 1.14. The molecule has 0 fully saturated rings. The molecule has 0 saturated carbocycles. The number of hydrogen-bond acceptors (Lipinski definition) is 5. The number of amides is 3. The average Bonchev–Trinajstić information content (AvgIpc) is 2.34. The van der Waals surface area contributed by atoms with Gasteiger partial charge in [0.05, 0.1) is 13.1 Å². The van der Waals surface area contributed by atoms with Crippen molar-refractivity contribution in [3.63, 3.8) is 0 Å². The fraction of sp³-hybridized carbons (Fsp3) is 0.636. The molecule has 0 aromatic rings. The largest absolute Gasteiger partial charge is 0.480 e. The summed E-state index contributed by atoms with van der Waals surface area (Å²) < 4.78 is 0. The van der Waals surface area contributed by atoms with E-state index in [1.807, 2.05) is 0 Å². The molecule has 0 rings (SSSR count). The van der Waals surface area contributed by atoms with E-state index in [1.54, 1.807) is 0 Å². The Balaban J connectivity index is 4.42. The average molecular weight is 288 g/mol. The van der Waals surface area contributed by atoms with Gasteiger partial charge in [-0.25, -0.2) is 0 Å². The third-order valence-corrected chi connectivity index (χ3v) is 2.37. The lowest BCUT2D eigenvalue weighted by molar-refractivity contribution is -0.142. The van der Waals surface area contributed by atoms with E-state index >= 15 is 0 Å². The van der Waals surface area contributed by atoms with Gasteiger partial charge in [0.2, 0.25) is 17.7 Å². The number of hydrogen-bond donors (Lipinski definition) is 5. The van der Waals surface area contributed by atoms with E-state index in [0.29, 0.717) is 0 Å². The van der Waals surface area contributed by atoms with Crippen LogP contribution >= 0.6 is 0 Å². The van der Waals surface area contributed by atoms with Crippen molar-refractivity contribution in [3.05, 3.63) is 0 Å². The number of rotatable bonds is 7. The SMILES string of the molecule is C[C@H](NC(=O)C(C)(C)NC(=O)CNC(=O)CN)C(=O)O. The molecular formula is C11H20N4O5. The minimum Gasteiger partial charge on any atom is -0.480 e. The number of carbonyl (C=O) groups is 4. The summed E-state index contributed by atoms with van der Waals surface area (Å²) in [7, 11) is 0. The highest BCUT2D eigenvalue weighted by Gasteiger charge is 2.31. The van der Waals surface area contributed by atoms with Gasteiger partial charge in [0, 0.05) is 0 Å². The molecule has 0 heterocycles. The van der Waals surface area contributed by atoms with E-state index in [-0.39, 0.29) is 13.1 Å². The molecule has 9 nitrogen and oxygen atoms in total. The van der Waals surface area contributed by atoms with Crippen molar-refractivity contribution in [1.29, 1.82) is 0 Å². The van der Waals surface area contributed by atoms with E-state index < -0.39 is 35.3 Å². The molecular weight excluding hydrogens is 268 g/mol. The molecule has 1 atom stereocenters. The van der Waals surface area contributed by atoms with Crippen LogP contribution in [0.1, 0.15) is 20.8 Å². The lowest BCUT2D eigenvalue weighted by atomic mass is 10.0. The molecule has 0 aromatic carbocycles. The first-order chi connectivity index (χ1) is 9.10. The molecule has 0 spiro atoms. The zero-order chi connectivity index (χ0) is 15.9. The molecule has 0 radical (unpaired) electrons. The number of nitrogens with one attached hydrogen (secondary N) is 3. The Morgan fingerprint density at radius 3 is 2.20 bits per heavy atom. The van der Waals surface area contributed by atoms with E-state index in [0.717, 1.165) is 0 Å². The summed E-state index contributed by atoms with van der Waals surface area (Å²) in [5, 5.41) is 15.6. The van der Waals surface area contributed by atoms with Gasteiger partial charge in [0.25, 0.3) is 0 Å². The van der Waals surface area contributed by atoms with Crippen LogP contribution in [0, 0.1) is 0 Å². The maximum absolute atomic E-state index is 11.8. The minimum atomic E-state index is -1.31. The highest BCUT2D eigenvalue weighted by molar-refractivity contribution is 5.94. The number of carbonyl (C=O) groups excluding carboxylic acids is 3. The Morgan fingerprint density at radius 1 is 1.20 bits per heavy atom. The molecule has 20 heavy (non-hydrogen) atoms. The monoisotopic (exact) mass is 288 g/mol. The second-order valence-electron chi connectivity index (χ2n) is 4.69. The second-order valence-corrected chi connectivity index (χ2v) is 4.69. The predicted molar refractivity (Wildman–Crippen MR) is 69.5 cm³/mol. The summed E-state index contributed by atoms with van der Waals surface area (Å²) in [5.41, 5.74) is 3.74. The van der Waals surface area contributed by atoms with Gasteiger partial charge in [-0.1, -0.05) is 0 Å². The molecule has 0 aliphatic heterocycles. The van der Waals surface area contributed by atoms with Gasteiger partial charge < -0.3 is 26.8 Å². The Kier molecular flexibility index (Phi) is 6.63. The van der Waals surface area contributed by atoms with Crippen LogP contribution in [0.3, 0.4) is 0 Å². The van der Waals surface area contributed by atoms with Crippen LogP contribution in [-0.4, -0.2) is 53.5 Å². The first kappa shape index (κ1) is 17.8. The molecule has 0 aliphatic carbocycles. The van der Waals surface area contributed by atoms with Crippen molar-refractivity contribution < 1.29 is 24.3 Å². The van der Waals surface area contributed by atoms with Gasteiger partial charge in [0.15, 0.2) is 0 Å². The summed E-state index contributed by atoms with van der Waals surface area (Å²) in [6.45, 7) is 3.58. The highest BCUT2D eigenvalue weighted by Crippen LogP contribution is 2.02. The van der Waals surface area contributed by atoms with Crippen LogP contribution < -0.4 is 21.7 Å². The van der Waals surface area contributed by atoms with Crippen LogP contribution in [0.5, 0.6) is 0 Å². The lowest BCUT2D eigenvalue weighted by Crippen LogP contribution is -2.58. The molecule has 0 bridgehead atoms. The van der Waals surface area contributed by atoms with Crippen molar-refractivity contribution in [1.82, 2.24) is 16.0 Å². The lowest BCUT2D eigenvalue weighted by Gasteiger charge is -2.26. The van der Waals surface area contributed by atoms with E-state index in [4.69, 9.17) is 10.8 Å². The number of carboxylic acid groups (broad SMARTS) is 1. The summed E-state index contributed by atoms with van der Waals surface area (Å²) in [6, 6.07) is -1.07. The molecule has 0 aliphatic rings. The zero-order valence-corrected chi connectivity index (χ0v) is 11.6. The molecule has 6 N–H and O–H groups in total. The third kappa shape index (κ3) is 6.14. The molecule has 3 amide bonds. The van der Waals surface area contributed by atoms with E-state index in [2.05, 4.69) is 16.0 Å². The zero-order valence-electron chi connectivity index (χ0n) is 11.6. The number of aliphatic carboxylic acids is 1. The first-order valence-electron chi connectivity index (χ1n) is 5.91.